The maximum absolute atomic E-state index is 12.6. The van der Waals surface area contributed by atoms with Crippen molar-refractivity contribution in [1.29, 1.82) is 0 Å². The van der Waals surface area contributed by atoms with Crippen molar-refractivity contribution in [2.45, 2.75) is 24.3 Å². The van der Waals surface area contributed by atoms with Crippen LogP contribution >= 0.6 is 0 Å². The van der Waals surface area contributed by atoms with E-state index in [2.05, 4.69) is 10.1 Å². The lowest BCUT2D eigenvalue weighted by atomic mass is 10.2. The molecule has 1 heterocycles. The normalized spacial score (nSPS) is 15.0. The molecule has 1 aliphatic heterocycles. The maximum atomic E-state index is 12.6. The van der Waals surface area contributed by atoms with Gasteiger partial charge >= 0.3 is 6.61 Å². The number of nitrogens with one attached hydrogen (secondary N) is 1. The number of halogens is 2. The average Bonchev–Trinajstić information content (AvgIpc) is 3.19. The predicted octanol–water partition coefficient (Wildman–Crippen LogP) is 3.03. The highest BCUT2D eigenvalue weighted by molar-refractivity contribution is 7.89. The average molecular weight is 412 g/mol. The molecule has 0 spiro atoms. The molecule has 1 saturated heterocycles. The number of phenolic OH excluding ortho intramolecular Hbond substituents is 1. The fraction of sp³-hybridized carbons (Fsp3) is 0.278. The lowest BCUT2D eigenvalue weighted by Crippen LogP contribution is -2.28. The quantitative estimate of drug-likeness (QED) is 0.711. The summed E-state index contributed by atoms with van der Waals surface area (Å²) in [5.74, 6) is -1.05. The van der Waals surface area contributed by atoms with Crippen LogP contribution in [-0.2, 0) is 10.0 Å². The molecule has 1 aliphatic rings. The summed E-state index contributed by atoms with van der Waals surface area (Å²) in [5.41, 5.74) is 0.0481. The molecule has 2 aromatic carbocycles. The number of nitrogens with zero attached hydrogens (tertiary/aromatic N) is 1. The van der Waals surface area contributed by atoms with Crippen LogP contribution in [0, 0.1) is 0 Å². The fourth-order valence-corrected chi connectivity index (χ4v) is 4.38. The number of hydrogen-bond acceptors (Lipinski definition) is 5. The first kappa shape index (κ1) is 20.0. The minimum absolute atomic E-state index is 0.0387. The molecule has 0 radical (unpaired) electrons. The van der Waals surface area contributed by atoms with Crippen LogP contribution in [0.4, 0.5) is 14.5 Å². The minimum atomic E-state index is -3.71. The third-order valence-electron chi connectivity index (χ3n) is 4.26. The molecular formula is C18H18F2N2O5S. The summed E-state index contributed by atoms with van der Waals surface area (Å²) in [7, 11) is -3.71. The van der Waals surface area contributed by atoms with Gasteiger partial charge in [-0.1, -0.05) is 0 Å². The zero-order valence-electron chi connectivity index (χ0n) is 14.6. The molecule has 3 rings (SSSR count). The molecule has 0 aliphatic carbocycles. The highest BCUT2D eigenvalue weighted by Gasteiger charge is 2.28. The van der Waals surface area contributed by atoms with E-state index < -0.39 is 22.5 Å². The zero-order valence-corrected chi connectivity index (χ0v) is 15.5. The van der Waals surface area contributed by atoms with Crippen molar-refractivity contribution >= 4 is 21.6 Å². The van der Waals surface area contributed by atoms with E-state index in [1.807, 2.05) is 0 Å². The molecule has 2 N–H and O–H groups in total. The molecule has 28 heavy (non-hydrogen) atoms. The number of rotatable bonds is 6. The van der Waals surface area contributed by atoms with Crippen LogP contribution in [0.2, 0.25) is 0 Å². The van der Waals surface area contributed by atoms with Gasteiger partial charge in [-0.15, -0.1) is 0 Å². The van der Waals surface area contributed by atoms with Gasteiger partial charge in [0.1, 0.15) is 11.5 Å². The summed E-state index contributed by atoms with van der Waals surface area (Å²) >= 11 is 0. The number of aromatic hydroxyl groups is 1. The monoisotopic (exact) mass is 412 g/mol. The highest BCUT2D eigenvalue weighted by atomic mass is 32.2. The predicted molar refractivity (Wildman–Crippen MR) is 97.1 cm³/mol. The summed E-state index contributed by atoms with van der Waals surface area (Å²) in [6, 6.07) is 8.61. The molecule has 10 heteroatoms. The van der Waals surface area contributed by atoms with Crippen molar-refractivity contribution in [1.82, 2.24) is 4.31 Å². The third kappa shape index (κ3) is 4.39. The van der Waals surface area contributed by atoms with Gasteiger partial charge in [-0.25, -0.2) is 8.42 Å². The summed E-state index contributed by atoms with van der Waals surface area (Å²) in [6.45, 7) is -2.12. The second-order valence-electron chi connectivity index (χ2n) is 6.15. The Bertz CT molecular complexity index is 958. The first-order chi connectivity index (χ1) is 13.3. The lowest BCUT2D eigenvalue weighted by Gasteiger charge is -2.16. The van der Waals surface area contributed by atoms with Gasteiger partial charge in [-0.2, -0.15) is 13.1 Å². The van der Waals surface area contributed by atoms with Crippen LogP contribution in [0.1, 0.15) is 23.2 Å². The second kappa shape index (κ2) is 8.11. The number of amides is 1. The van der Waals surface area contributed by atoms with E-state index in [9.17, 15) is 27.1 Å². The standard InChI is InChI=1S/C18H18F2N2O5S/c19-18(20)27-13-5-3-12(4-6-13)17(24)21-15-11-14(7-8-16(15)23)28(25,26)22-9-1-2-10-22/h3-8,11,18,23H,1-2,9-10H2,(H,21,24). The number of benzene rings is 2. The molecule has 1 fully saturated rings. The third-order valence-corrected chi connectivity index (χ3v) is 6.16. The summed E-state index contributed by atoms with van der Waals surface area (Å²) in [6.07, 6.45) is 1.57. The van der Waals surface area contributed by atoms with E-state index in [0.29, 0.717) is 13.1 Å². The van der Waals surface area contributed by atoms with Gasteiger partial charge in [0.15, 0.2) is 0 Å². The molecule has 2 aromatic rings. The lowest BCUT2D eigenvalue weighted by molar-refractivity contribution is -0.0498. The Morgan fingerprint density at radius 1 is 1.11 bits per heavy atom. The number of phenols is 1. The van der Waals surface area contributed by atoms with Crippen molar-refractivity contribution in [2.24, 2.45) is 0 Å². The Morgan fingerprint density at radius 3 is 2.36 bits per heavy atom. The van der Waals surface area contributed by atoms with Gasteiger partial charge in [0.05, 0.1) is 10.6 Å². The Morgan fingerprint density at radius 2 is 1.75 bits per heavy atom. The van der Waals surface area contributed by atoms with E-state index in [1.165, 1.54) is 46.8 Å². The van der Waals surface area contributed by atoms with Crippen LogP contribution in [0.3, 0.4) is 0 Å². The van der Waals surface area contributed by atoms with Crippen molar-refractivity contribution in [3.63, 3.8) is 0 Å². The fourth-order valence-electron chi connectivity index (χ4n) is 2.84. The number of sulfonamides is 1. The number of anilines is 1. The van der Waals surface area contributed by atoms with Gasteiger partial charge < -0.3 is 15.2 Å². The largest absolute Gasteiger partial charge is 0.506 e. The Kier molecular flexibility index (Phi) is 5.80. The van der Waals surface area contributed by atoms with Gasteiger partial charge in [0.2, 0.25) is 10.0 Å². The zero-order chi connectivity index (χ0) is 20.3. The molecule has 0 unspecified atom stereocenters. The van der Waals surface area contributed by atoms with Gasteiger partial charge in [0, 0.05) is 18.7 Å². The highest BCUT2D eigenvalue weighted by Crippen LogP contribution is 2.29. The van der Waals surface area contributed by atoms with E-state index >= 15 is 0 Å². The smallest absolute Gasteiger partial charge is 0.387 e. The maximum Gasteiger partial charge on any atom is 0.387 e. The van der Waals surface area contributed by atoms with Crippen molar-refractivity contribution in [3.05, 3.63) is 48.0 Å². The number of hydrogen-bond donors (Lipinski definition) is 2. The molecule has 7 nitrogen and oxygen atoms in total. The molecule has 150 valence electrons. The minimum Gasteiger partial charge on any atom is -0.506 e. The van der Waals surface area contributed by atoms with Crippen LogP contribution in [0.5, 0.6) is 11.5 Å². The van der Waals surface area contributed by atoms with E-state index in [-0.39, 0.29) is 27.6 Å². The first-order valence-electron chi connectivity index (χ1n) is 8.47. The van der Waals surface area contributed by atoms with Crippen molar-refractivity contribution < 1.29 is 31.8 Å². The number of carbonyl (C=O) groups is 1. The van der Waals surface area contributed by atoms with Gasteiger partial charge in [-0.3, -0.25) is 4.79 Å². The molecule has 0 atom stereocenters. The SMILES string of the molecule is O=C(Nc1cc(S(=O)(=O)N2CCCC2)ccc1O)c1ccc(OC(F)F)cc1. The van der Waals surface area contributed by atoms with Crippen LogP contribution in [0.25, 0.3) is 0 Å². The topological polar surface area (TPSA) is 95.9 Å². The Labute approximate surface area is 160 Å². The molecule has 0 saturated carbocycles. The van der Waals surface area contributed by atoms with Gasteiger partial charge in [0.25, 0.3) is 5.91 Å². The van der Waals surface area contributed by atoms with Crippen molar-refractivity contribution in [2.75, 3.05) is 18.4 Å². The van der Waals surface area contributed by atoms with Gasteiger partial charge in [-0.05, 0) is 55.3 Å². The van der Waals surface area contributed by atoms with E-state index in [0.717, 1.165) is 12.8 Å². The van der Waals surface area contributed by atoms with E-state index in [4.69, 9.17) is 0 Å². The van der Waals surface area contributed by atoms with Crippen LogP contribution in [-0.4, -0.2) is 43.4 Å². The summed E-state index contributed by atoms with van der Waals surface area (Å²) in [5, 5.41) is 12.4. The summed E-state index contributed by atoms with van der Waals surface area (Å²) in [4.78, 5) is 12.3. The molecule has 0 bridgehead atoms. The Hall–Kier alpha value is -2.72. The van der Waals surface area contributed by atoms with Crippen LogP contribution in [0.15, 0.2) is 47.4 Å². The molecular weight excluding hydrogens is 394 g/mol. The Balaban J connectivity index is 1.79. The molecule has 0 aromatic heterocycles. The van der Waals surface area contributed by atoms with E-state index in [1.54, 1.807) is 0 Å². The second-order valence-corrected chi connectivity index (χ2v) is 8.09. The number of ether oxygens (including phenoxy) is 1. The number of carbonyl (C=O) groups excluding carboxylic acids is 1. The molecule has 1 amide bonds. The first-order valence-corrected chi connectivity index (χ1v) is 9.91. The van der Waals surface area contributed by atoms with Crippen molar-refractivity contribution in [3.8, 4) is 11.5 Å². The summed E-state index contributed by atoms with van der Waals surface area (Å²) < 4.78 is 55.2. The number of alkyl halides is 2. The van der Waals surface area contributed by atoms with Crippen LogP contribution < -0.4 is 10.1 Å².